The normalized spacial score (nSPS) is 10.1. The molecular formula is C10H11N5O. The third kappa shape index (κ3) is 2.23. The topological polar surface area (TPSA) is 85.8 Å². The van der Waals surface area contributed by atoms with Gasteiger partial charge in [-0.15, -0.1) is 0 Å². The van der Waals surface area contributed by atoms with E-state index in [2.05, 4.69) is 15.4 Å². The van der Waals surface area contributed by atoms with E-state index in [-0.39, 0.29) is 5.69 Å². The fraction of sp³-hybridized carbons (Fsp3) is 0.100. The quantitative estimate of drug-likeness (QED) is 0.557. The second-order valence-corrected chi connectivity index (χ2v) is 3.22. The summed E-state index contributed by atoms with van der Waals surface area (Å²) < 4.78 is 1.51. The number of hydrazine groups is 1. The Bertz CT molecular complexity index is 536. The number of nitrogens with zero attached hydrogens (tertiary/aromatic N) is 3. The van der Waals surface area contributed by atoms with Gasteiger partial charge >= 0.3 is 5.69 Å². The predicted octanol–water partition coefficient (Wildman–Crippen LogP) is -0.0278. The molecule has 0 radical (unpaired) electrons. The summed E-state index contributed by atoms with van der Waals surface area (Å²) in [6.45, 7) is 0.448. The minimum absolute atomic E-state index is 0.276. The van der Waals surface area contributed by atoms with Crippen LogP contribution < -0.4 is 17.0 Å². The first kappa shape index (κ1) is 10.3. The Balaban J connectivity index is 2.27. The van der Waals surface area contributed by atoms with Crippen LogP contribution in [0.1, 0.15) is 5.56 Å². The van der Waals surface area contributed by atoms with Crippen LogP contribution in [0.3, 0.4) is 0 Å². The van der Waals surface area contributed by atoms with E-state index in [1.54, 1.807) is 24.5 Å². The molecule has 0 saturated carbocycles. The van der Waals surface area contributed by atoms with Gasteiger partial charge in [0.25, 0.3) is 0 Å². The molecule has 0 saturated heterocycles. The number of nitrogens with one attached hydrogen (secondary N) is 1. The lowest BCUT2D eigenvalue weighted by Crippen LogP contribution is -2.22. The van der Waals surface area contributed by atoms with Crippen molar-refractivity contribution in [3.63, 3.8) is 0 Å². The molecule has 0 aliphatic carbocycles. The third-order valence-corrected chi connectivity index (χ3v) is 2.11. The number of nitrogens with two attached hydrogens (primary N) is 1. The molecule has 6 nitrogen and oxygen atoms in total. The van der Waals surface area contributed by atoms with Crippen molar-refractivity contribution in [2.75, 3.05) is 5.43 Å². The van der Waals surface area contributed by atoms with Crippen LogP contribution in [0.25, 0.3) is 0 Å². The van der Waals surface area contributed by atoms with Crippen molar-refractivity contribution in [1.82, 2.24) is 14.5 Å². The maximum atomic E-state index is 11.4. The first-order valence-corrected chi connectivity index (χ1v) is 4.72. The van der Waals surface area contributed by atoms with Gasteiger partial charge in [0.05, 0.1) is 6.54 Å². The Morgan fingerprint density at radius 1 is 1.38 bits per heavy atom. The van der Waals surface area contributed by atoms with Gasteiger partial charge in [-0.1, -0.05) is 0 Å². The van der Waals surface area contributed by atoms with Crippen LogP contribution in [0.2, 0.25) is 0 Å². The summed E-state index contributed by atoms with van der Waals surface area (Å²) >= 11 is 0. The number of anilines is 1. The van der Waals surface area contributed by atoms with E-state index in [9.17, 15) is 4.79 Å². The van der Waals surface area contributed by atoms with Crippen molar-refractivity contribution in [2.45, 2.75) is 6.54 Å². The molecule has 0 spiro atoms. The highest BCUT2D eigenvalue weighted by Crippen LogP contribution is 2.05. The number of hydrogen-bond donors (Lipinski definition) is 2. The van der Waals surface area contributed by atoms with Crippen LogP contribution >= 0.6 is 0 Å². The van der Waals surface area contributed by atoms with Crippen LogP contribution in [-0.4, -0.2) is 14.5 Å². The number of hydrogen-bond acceptors (Lipinski definition) is 5. The summed E-state index contributed by atoms with van der Waals surface area (Å²) in [5.74, 6) is 5.81. The van der Waals surface area contributed by atoms with E-state index in [1.807, 2.05) is 6.07 Å². The molecule has 2 aromatic heterocycles. The number of pyridine rings is 1. The fourth-order valence-electron chi connectivity index (χ4n) is 1.36. The predicted molar refractivity (Wildman–Crippen MR) is 59.6 cm³/mol. The van der Waals surface area contributed by atoms with E-state index >= 15 is 0 Å². The van der Waals surface area contributed by atoms with Crippen LogP contribution in [0.4, 0.5) is 5.82 Å². The minimum atomic E-state index is -0.276. The van der Waals surface area contributed by atoms with Gasteiger partial charge in [0, 0.05) is 18.6 Å². The highest BCUT2D eigenvalue weighted by Gasteiger charge is 1.99. The Hall–Kier alpha value is -2.21. The lowest BCUT2D eigenvalue weighted by atomic mass is 10.2. The molecule has 2 rings (SSSR count). The molecule has 6 heteroatoms. The minimum Gasteiger partial charge on any atom is -0.308 e. The Kier molecular flexibility index (Phi) is 2.93. The Morgan fingerprint density at radius 2 is 2.25 bits per heavy atom. The lowest BCUT2D eigenvalue weighted by Gasteiger charge is -2.05. The summed E-state index contributed by atoms with van der Waals surface area (Å²) in [5, 5.41) is 0. The largest absolute Gasteiger partial charge is 0.347 e. The van der Waals surface area contributed by atoms with Gasteiger partial charge in [0.15, 0.2) is 0 Å². The zero-order chi connectivity index (χ0) is 11.4. The van der Waals surface area contributed by atoms with Gasteiger partial charge < -0.3 is 5.43 Å². The molecule has 82 valence electrons. The molecule has 16 heavy (non-hydrogen) atoms. The first-order valence-electron chi connectivity index (χ1n) is 4.72. The molecule has 0 atom stereocenters. The smallest absolute Gasteiger partial charge is 0.308 e. The molecule has 0 unspecified atom stereocenters. The van der Waals surface area contributed by atoms with E-state index in [1.165, 1.54) is 10.8 Å². The van der Waals surface area contributed by atoms with Gasteiger partial charge in [-0.3, -0.25) is 4.57 Å². The van der Waals surface area contributed by atoms with Crippen molar-refractivity contribution in [1.29, 1.82) is 0 Å². The van der Waals surface area contributed by atoms with Gasteiger partial charge in [-0.05, 0) is 23.8 Å². The SMILES string of the molecule is NNc1cc(Cn2cccnc2=O)ccn1. The highest BCUT2D eigenvalue weighted by atomic mass is 16.1. The van der Waals surface area contributed by atoms with Crippen molar-refractivity contribution in [3.8, 4) is 0 Å². The summed E-state index contributed by atoms with van der Waals surface area (Å²) in [4.78, 5) is 19.0. The van der Waals surface area contributed by atoms with Crippen molar-refractivity contribution in [2.24, 2.45) is 5.84 Å². The summed E-state index contributed by atoms with van der Waals surface area (Å²) in [7, 11) is 0. The maximum Gasteiger partial charge on any atom is 0.347 e. The molecule has 0 aliphatic rings. The van der Waals surface area contributed by atoms with Crippen LogP contribution in [0.5, 0.6) is 0 Å². The first-order chi connectivity index (χ1) is 7.79. The lowest BCUT2D eigenvalue weighted by molar-refractivity contribution is 0.726. The van der Waals surface area contributed by atoms with Crippen molar-refractivity contribution in [3.05, 3.63) is 52.8 Å². The molecule has 0 aromatic carbocycles. The van der Waals surface area contributed by atoms with Crippen LogP contribution in [0.15, 0.2) is 41.6 Å². The number of rotatable bonds is 3. The molecule has 0 fully saturated rings. The number of aromatic nitrogens is 3. The zero-order valence-corrected chi connectivity index (χ0v) is 8.50. The average Bonchev–Trinajstić information content (AvgIpc) is 2.32. The van der Waals surface area contributed by atoms with Gasteiger partial charge in [-0.2, -0.15) is 0 Å². The molecule has 0 amide bonds. The molecule has 2 aromatic rings. The Morgan fingerprint density at radius 3 is 3.00 bits per heavy atom. The molecule has 0 bridgehead atoms. The fourth-order valence-corrected chi connectivity index (χ4v) is 1.36. The average molecular weight is 217 g/mol. The van der Waals surface area contributed by atoms with E-state index in [0.717, 1.165) is 5.56 Å². The van der Waals surface area contributed by atoms with Gasteiger partial charge in [0.2, 0.25) is 0 Å². The molecule has 3 N–H and O–H groups in total. The maximum absolute atomic E-state index is 11.4. The second kappa shape index (κ2) is 4.54. The molecule has 0 aliphatic heterocycles. The highest BCUT2D eigenvalue weighted by molar-refractivity contribution is 5.35. The second-order valence-electron chi connectivity index (χ2n) is 3.22. The van der Waals surface area contributed by atoms with Crippen molar-refractivity contribution < 1.29 is 0 Å². The molecular weight excluding hydrogens is 206 g/mol. The van der Waals surface area contributed by atoms with E-state index < -0.39 is 0 Å². The van der Waals surface area contributed by atoms with E-state index in [4.69, 9.17) is 5.84 Å². The van der Waals surface area contributed by atoms with Gasteiger partial charge in [0.1, 0.15) is 5.82 Å². The van der Waals surface area contributed by atoms with E-state index in [0.29, 0.717) is 12.4 Å². The summed E-state index contributed by atoms with van der Waals surface area (Å²) in [5.41, 5.74) is 3.11. The van der Waals surface area contributed by atoms with Crippen LogP contribution in [-0.2, 0) is 6.54 Å². The standard InChI is InChI=1S/C10H11N5O/c11-14-9-6-8(2-4-12-9)7-15-5-1-3-13-10(15)16/h1-6H,7,11H2,(H,12,14). The Labute approximate surface area is 91.7 Å². The summed E-state index contributed by atoms with van der Waals surface area (Å²) in [6, 6.07) is 5.31. The van der Waals surface area contributed by atoms with Crippen molar-refractivity contribution >= 4 is 5.82 Å². The molecule has 2 heterocycles. The van der Waals surface area contributed by atoms with Crippen LogP contribution in [0, 0.1) is 0 Å². The summed E-state index contributed by atoms with van der Waals surface area (Å²) in [6.07, 6.45) is 4.79. The third-order valence-electron chi connectivity index (χ3n) is 2.11. The zero-order valence-electron chi connectivity index (χ0n) is 8.50. The van der Waals surface area contributed by atoms with Gasteiger partial charge in [-0.25, -0.2) is 20.6 Å². The number of nitrogen functional groups attached to an aromatic ring is 1. The monoisotopic (exact) mass is 217 g/mol.